The van der Waals surface area contributed by atoms with Gasteiger partial charge in [0.1, 0.15) is 0 Å². The van der Waals surface area contributed by atoms with Crippen molar-refractivity contribution in [1.82, 2.24) is 0 Å². The van der Waals surface area contributed by atoms with Crippen LogP contribution in [0, 0.1) is 28.6 Å². The molecule has 3 fully saturated rings. The second kappa shape index (κ2) is 1.41. The minimum absolute atomic E-state index is 0.775. The highest BCUT2D eigenvalue weighted by molar-refractivity contribution is 5.26. The highest BCUT2D eigenvalue weighted by atomic mass is 14.8. The van der Waals surface area contributed by atoms with Crippen molar-refractivity contribution < 1.29 is 0 Å². The van der Waals surface area contributed by atoms with Crippen LogP contribution in [-0.2, 0) is 0 Å². The third kappa shape index (κ3) is 0.443. The van der Waals surface area contributed by atoms with Crippen molar-refractivity contribution in [3.63, 3.8) is 0 Å². The molecule has 0 aromatic carbocycles. The lowest BCUT2D eigenvalue weighted by Crippen LogP contribution is -2.45. The lowest BCUT2D eigenvalue weighted by molar-refractivity contribution is -0.0373. The summed E-state index contributed by atoms with van der Waals surface area (Å²) in [4.78, 5) is 0. The summed E-state index contributed by atoms with van der Waals surface area (Å²) in [5.41, 5.74) is 1.66. The van der Waals surface area contributed by atoms with Crippen LogP contribution < -0.4 is 0 Å². The molecule has 3 rings (SSSR count). The molecule has 0 aromatic heterocycles. The molecule has 62 valence electrons. The molecule has 0 nitrogen and oxygen atoms in total. The molecule has 0 heteroatoms. The van der Waals surface area contributed by atoms with Gasteiger partial charge in [-0.05, 0) is 47.8 Å². The average molecular weight is 150 g/mol. The van der Waals surface area contributed by atoms with Crippen LogP contribution in [0.25, 0.3) is 0 Å². The monoisotopic (exact) mass is 150 g/mol. The third-order valence-corrected chi connectivity index (χ3v) is 5.46. The summed E-state index contributed by atoms with van der Waals surface area (Å²) in [7, 11) is 0. The summed E-state index contributed by atoms with van der Waals surface area (Å²) in [6.45, 7) is 7.47. The van der Waals surface area contributed by atoms with Gasteiger partial charge in [0.25, 0.3) is 0 Å². The maximum absolute atomic E-state index is 2.55. The van der Waals surface area contributed by atoms with Crippen molar-refractivity contribution in [1.29, 1.82) is 0 Å². The molecule has 3 aliphatic rings. The van der Waals surface area contributed by atoms with Crippen molar-refractivity contribution in [3.05, 3.63) is 0 Å². The quantitative estimate of drug-likeness (QED) is 0.498. The Morgan fingerprint density at radius 1 is 1.09 bits per heavy atom. The largest absolute Gasteiger partial charge is 0.0622 e. The summed E-state index contributed by atoms with van der Waals surface area (Å²) in [5.74, 6) is 3.21. The van der Waals surface area contributed by atoms with Gasteiger partial charge in [-0.15, -0.1) is 0 Å². The van der Waals surface area contributed by atoms with Gasteiger partial charge in [0.2, 0.25) is 0 Å². The second-order valence-electron chi connectivity index (χ2n) is 5.67. The fourth-order valence-corrected chi connectivity index (χ4v) is 4.55. The number of hydrogen-bond donors (Lipinski definition) is 0. The Kier molecular flexibility index (Phi) is 0.832. The normalized spacial score (nSPS) is 71.7. The Morgan fingerprint density at radius 3 is 2.18 bits per heavy atom. The van der Waals surface area contributed by atoms with E-state index in [0.717, 1.165) is 28.6 Å². The molecular weight excluding hydrogens is 132 g/mol. The molecule has 0 aliphatic heterocycles. The van der Waals surface area contributed by atoms with Crippen molar-refractivity contribution in [2.24, 2.45) is 28.6 Å². The van der Waals surface area contributed by atoms with Crippen LogP contribution in [0.4, 0.5) is 0 Å². The molecule has 0 radical (unpaired) electrons. The fourth-order valence-electron chi connectivity index (χ4n) is 4.55. The molecule has 0 aromatic rings. The summed E-state index contributed by atoms with van der Waals surface area (Å²) >= 11 is 0. The van der Waals surface area contributed by atoms with Gasteiger partial charge in [-0.2, -0.15) is 0 Å². The Morgan fingerprint density at radius 2 is 1.82 bits per heavy atom. The van der Waals surface area contributed by atoms with Gasteiger partial charge in [0, 0.05) is 0 Å². The zero-order valence-corrected chi connectivity index (χ0v) is 7.85. The Bertz CT molecular complexity index is 220. The van der Waals surface area contributed by atoms with Gasteiger partial charge in [-0.1, -0.05) is 20.8 Å². The van der Waals surface area contributed by atoms with E-state index in [0.29, 0.717) is 0 Å². The standard InChI is InChI=1S/C11H18/c1-7-4-10(3)8(2)5-11(10)6-9(7)11/h7-9H,4-6H2,1-3H3. The van der Waals surface area contributed by atoms with Crippen LogP contribution in [0.2, 0.25) is 0 Å². The van der Waals surface area contributed by atoms with E-state index in [2.05, 4.69) is 20.8 Å². The van der Waals surface area contributed by atoms with Gasteiger partial charge in [0.15, 0.2) is 0 Å². The summed E-state index contributed by atoms with van der Waals surface area (Å²) in [5, 5.41) is 0. The van der Waals surface area contributed by atoms with Crippen LogP contribution in [-0.4, -0.2) is 0 Å². The first kappa shape index (κ1) is 6.51. The molecule has 5 unspecified atom stereocenters. The first-order chi connectivity index (χ1) is 5.10. The van der Waals surface area contributed by atoms with Gasteiger partial charge in [0.05, 0.1) is 0 Å². The Labute approximate surface area is 69.4 Å². The van der Waals surface area contributed by atoms with Gasteiger partial charge < -0.3 is 0 Å². The lowest BCUT2D eigenvalue weighted by Gasteiger charge is -2.52. The maximum Gasteiger partial charge on any atom is -0.0204 e. The highest BCUT2D eigenvalue weighted by Gasteiger charge is 2.77. The molecule has 0 heterocycles. The van der Waals surface area contributed by atoms with Crippen LogP contribution >= 0.6 is 0 Å². The molecule has 5 atom stereocenters. The van der Waals surface area contributed by atoms with Crippen molar-refractivity contribution in [2.75, 3.05) is 0 Å². The SMILES string of the molecule is CC1CC2(C)C(C)CC23CC13. The highest BCUT2D eigenvalue weighted by Crippen LogP contribution is 2.85. The van der Waals surface area contributed by atoms with Crippen molar-refractivity contribution >= 4 is 0 Å². The van der Waals surface area contributed by atoms with Crippen LogP contribution in [0.5, 0.6) is 0 Å². The second-order valence-corrected chi connectivity index (χ2v) is 5.67. The minimum atomic E-state index is 0.775. The Balaban J connectivity index is 2.00. The molecule has 1 spiro atoms. The van der Waals surface area contributed by atoms with Gasteiger partial charge in [-0.25, -0.2) is 0 Å². The topological polar surface area (TPSA) is 0 Å². The molecule has 0 saturated heterocycles. The van der Waals surface area contributed by atoms with Crippen LogP contribution in [0.3, 0.4) is 0 Å². The van der Waals surface area contributed by atoms with Gasteiger partial charge in [-0.3, -0.25) is 0 Å². The molecule has 11 heavy (non-hydrogen) atoms. The molecule has 0 N–H and O–H groups in total. The average Bonchev–Trinajstić information content (AvgIpc) is 2.62. The van der Waals surface area contributed by atoms with E-state index in [1.54, 1.807) is 12.8 Å². The van der Waals surface area contributed by atoms with Crippen LogP contribution in [0.15, 0.2) is 0 Å². The molecule has 0 bridgehead atoms. The molecule has 0 amide bonds. The van der Waals surface area contributed by atoms with E-state index in [1.807, 2.05) is 0 Å². The third-order valence-electron chi connectivity index (χ3n) is 5.46. The van der Waals surface area contributed by atoms with E-state index in [-0.39, 0.29) is 0 Å². The minimum Gasteiger partial charge on any atom is -0.0622 e. The van der Waals surface area contributed by atoms with E-state index < -0.39 is 0 Å². The molecule has 3 aliphatic carbocycles. The van der Waals surface area contributed by atoms with Crippen molar-refractivity contribution in [3.8, 4) is 0 Å². The lowest BCUT2D eigenvalue weighted by atomic mass is 9.52. The van der Waals surface area contributed by atoms with E-state index in [1.165, 1.54) is 6.42 Å². The first-order valence-electron chi connectivity index (χ1n) is 5.10. The maximum atomic E-state index is 2.55. The number of hydrogen-bond acceptors (Lipinski definition) is 0. The van der Waals surface area contributed by atoms with Gasteiger partial charge >= 0.3 is 0 Å². The zero-order chi connectivity index (χ0) is 7.85. The summed E-state index contributed by atoms with van der Waals surface area (Å²) < 4.78 is 0. The predicted octanol–water partition coefficient (Wildman–Crippen LogP) is 3.08. The Hall–Kier alpha value is 0. The van der Waals surface area contributed by atoms with E-state index in [9.17, 15) is 0 Å². The van der Waals surface area contributed by atoms with E-state index >= 15 is 0 Å². The van der Waals surface area contributed by atoms with E-state index in [4.69, 9.17) is 0 Å². The molecule has 3 saturated carbocycles. The molecular formula is C11H18. The summed E-state index contributed by atoms with van der Waals surface area (Å²) in [6.07, 6.45) is 4.66. The zero-order valence-electron chi connectivity index (χ0n) is 7.85. The predicted molar refractivity (Wildman–Crippen MR) is 46.2 cm³/mol. The smallest absolute Gasteiger partial charge is 0.0204 e. The first-order valence-corrected chi connectivity index (χ1v) is 5.10. The fraction of sp³-hybridized carbons (Fsp3) is 1.00. The summed E-state index contributed by atoms with van der Waals surface area (Å²) in [6, 6.07) is 0. The number of rotatable bonds is 0. The van der Waals surface area contributed by atoms with Crippen molar-refractivity contribution in [2.45, 2.75) is 40.0 Å². The van der Waals surface area contributed by atoms with Crippen LogP contribution in [0.1, 0.15) is 40.0 Å².